The van der Waals surface area contributed by atoms with Crippen LogP contribution in [-0.2, 0) is 4.79 Å². The fraction of sp³-hybridized carbons (Fsp3) is 0.983. The average molecular weight is 876 g/mol. The predicted molar refractivity (Wildman–Crippen MR) is 283 cm³/mol. The molecule has 0 aromatic rings. The average Bonchev–Trinajstić information content (AvgIpc) is 3.27. The summed E-state index contributed by atoms with van der Waals surface area (Å²) in [5.74, 6) is -0.647. The fourth-order valence-electron chi connectivity index (χ4n) is 9.51. The molecule has 0 aliphatic rings. The van der Waals surface area contributed by atoms with Crippen LogP contribution in [-0.4, -0.2) is 11.1 Å². The second-order valence-corrected chi connectivity index (χ2v) is 20.5. The molecule has 0 unspecified atom stereocenters. The van der Waals surface area contributed by atoms with Crippen LogP contribution in [0.3, 0.4) is 0 Å². The zero-order valence-corrected chi connectivity index (χ0v) is 44.0. The molecule has 0 aliphatic carbocycles. The Hall–Kier alpha value is -0.530. The van der Waals surface area contributed by atoms with E-state index in [1.807, 2.05) is 0 Å². The van der Waals surface area contributed by atoms with Gasteiger partial charge < -0.3 is 5.11 Å². The van der Waals surface area contributed by atoms with Gasteiger partial charge in [-0.25, -0.2) is 0 Å². The van der Waals surface area contributed by atoms with Gasteiger partial charge in [0.2, 0.25) is 0 Å². The molecule has 0 amide bonds. The van der Waals surface area contributed by atoms with Gasteiger partial charge in [0.1, 0.15) is 0 Å². The number of carbonyl (C=O) groups is 1. The van der Waals surface area contributed by atoms with Crippen LogP contribution in [0.4, 0.5) is 0 Å². The van der Waals surface area contributed by atoms with Crippen LogP contribution in [0.5, 0.6) is 0 Å². The van der Waals surface area contributed by atoms with Gasteiger partial charge in [-0.1, -0.05) is 367 Å². The lowest BCUT2D eigenvalue weighted by Crippen LogP contribution is -1.93. The summed E-state index contributed by atoms with van der Waals surface area (Å²) < 4.78 is 0. The molecule has 0 bridgehead atoms. The summed E-state index contributed by atoms with van der Waals surface area (Å²) in [4.78, 5) is 10.5. The van der Waals surface area contributed by atoms with E-state index in [4.69, 9.17) is 5.11 Å². The van der Waals surface area contributed by atoms with Gasteiger partial charge >= 0.3 is 5.97 Å². The highest BCUT2D eigenvalue weighted by molar-refractivity contribution is 5.66. The van der Waals surface area contributed by atoms with Crippen molar-refractivity contribution in [3.05, 3.63) is 0 Å². The molecule has 0 fully saturated rings. The maximum absolute atomic E-state index is 10.5. The summed E-state index contributed by atoms with van der Waals surface area (Å²) in [5, 5.41) is 8.64. The van der Waals surface area contributed by atoms with Crippen molar-refractivity contribution in [1.29, 1.82) is 0 Å². The smallest absolute Gasteiger partial charge is 0.303 e. The third kappa shape index (κ3) is 66.1. The number of hydrogen-bond donors (Lipinski definition) is 1. The van der Waals surface area contributed by atoms with Crippen molar-refractivity contribution < 1.29 is 9.90 Å². The minimum atomic E-state index is -0.647. The van der Waals surface area contributed by atoms with Gasteiger partial charge in [0.25, 0.3) is 0 Å². The number of rotatable bonds is 55. The lowest BCUT2D eigenvalue weighted by Gasteiger charge is -2.05. The maximum Gasteiger partial charge on any atom is 0.303 e. The zero-order valence-electron chi connectivity index (χ0n) is 44.0. The number of hydrogen-bond acceptors (Lipinski definition) is 1. The predicted octanol–water partition coefficient (Wildman–Crippen LogP) is 23.0. The summed E-state index contributed by atoms with van der Waals surface area (Å²) >= 11 is 0. The van der Waals surface area contributed by atoms with E-state index in [2.05, 4.69) is 20.8 Å². The van der Waals surface area contributed by atoms with Gasteiger partial charge in [-0.2, -0.15) is 0 Å². The molecular formula is C60H122O2. The largest absolute Gasteiger partial charge is 0.481 e. The third-order valence-corrected chi connectivity index (χ3v) is 14.0. The summed E-state index contributed by atoms with van der Waals surface area (Å²) in [5.41, 5.74) is 0. The first-order valence-corrected chi connectivity index (χ1v) is 29.9. The normalized spacial score (nSPS) is 11.3. The monoisotopic (exact) mass is 875 g/mol. The Morgan fingerprint density at radius 3 is 0.387 bits per heavy atom. The summed E-state index contributed by atoms with van der Waals surface area (Å²) in [6.07, 6.45) is 79.3. The van der Waals surface area contributed by atoms with Gasteiger partial charge in [0.05, 0.1) is 0 Å². The molecule has 0 atom stereocenters. The third-order valence-electron chi connectivity index (χ3n) is 14.0. The molecule has 0 heterocycles. The van der Waals surface area contributed by atoms with Crippen LogP contribution in [0.1, 0.15) is 380 Å². The van der Waals surface area contributed by atoms with Crippen LogP contribution in [0.15, 0.2) is 0 Å². The van der Waals surface area contributed by atoms with Crippen LogP contribution < -0.4 is 0 Å². The van der Waals surface area contributed by atoms with Crippen LogP contribution in [0.2, 0.25) is 0 Å². The molecule has 0 saturated heterocycles. The summed E-state index contributed by atoms with van der Waals surface area (Å²) in [6, 6.07) is 0. The molecule has 0 radical (unpaired) electrons. The lowest BCUT2D eigenvalue weighted by molar-refractivity contribution is -0.137. The molecule has 1 N–H and O–H groups in total. The molecule has 374 valence electrons. The standard InChI is InChI=1S/C39H78O2.C21H44/c1-2-3-4-5-6-7-8-9-10-11-12-13-14-15-16-17-18-19-20-21-22-23-24-25-26-27-28-29-30-31-32-33-34-35-36-37-38-39(40)41;1-3-5-7-9-11-13-15-17-19-21-20-18-16-14-12-10-8-6-4-2/h2-38H2,1H3,(H,40,41);3-21H2,1-2H3. The van der Waals surface area contributed by atoms with E-state index in [1.165, 1.54) is 340 Å². The van der Waals surface area contributed by atoms with E-state index in [9.17, 15) is 4.79 Å². The molecule has 62 heavy (non-hydrogen) atoms. The second kappa shape index (κ2) is 62.6. The topological polar surface area (TPSA) is 37.3 Å². The fourth-order valence-corrected chi connectivity index (χ4v) is 9.51. The molecule has 0 aromatic heterocycles. The van der Waals surface area contributed by atoms with Crippen molar-refractivity contribution in [2.24, 2.45) is 0 Å². The molecule has 0 rings (SSSR count). The minimum absolute atomic E-state index is 0.347. The Labute approximate surface area is 394 Å². The first-order chi connectivity index (χ1) is 30.7. The number of carboxylic acid groups (broad SMARTS) is 1. The molecule has 2 heteroatoms. The van der Waals surface area contributed by atoms with Gasteiger partial charge in [-0.05, 0) is 6.42 Å². The molecule has 0 aromatic carbocycles. The van der Waals surface area contributed by atoms with Gasteiger partial charge in [0, 0.05) is 6.42 Å². The SMILES string of the molecule is CCCCCCCCCCCCCCCCCCCCC.CCCCCCCCCCCCCCCCCCCCCCCCCCCCCCCCCCCCCCC(=O)O. The van der Waals surface area contributed by atoms with E-state index in [0.29, 0.717) is 6.42 Å². The van der Waals surface area contributed by atoms with E-state index in [-0.39, 0.29) is 0 Å². The quantitative estimate of drug-likeness (QED) is 0.0618. The van der Waals surface area contributed by atoms with Crippen molar-refractivity contribution >= 4 is 5.97 Å². The van der Waals surface area contributed by atoms with Crippen molar-refractivity contribution in [2.75, 3.05) is 0 Å². The number of unbranched alkanes of at least 4 members (excludes halogenated alkanes) is 53. The van der Waals surface area contributed by atoms with Crippen molar-refractivity contribution in [3.63, 3.8) is 0 Å². The highest BCUT2D eigenvalue weighted by Crippen LogP contribution is 2.18. The number of carboxylic acids is 1. The van der Waals surface area contributed by atoms with E-state index in [0.717, 1.165) is 12.8 Å². The lowest BCUT2D eigenvalue weighted by atomic mass is 10.0. The van der Waals surface area contributed by atoms with Gasteiger partial charge in [0.15, 0.2) is 0 Å². The van der Waals surface area contributed by atoms with Gasteiger partial charge in [-0.15, -0.1) is 0 Å². The zero-order chi connectivity index (χ0) is 45.2. The van der Waals surface area contributed by atoms with Crippen molar-refractivity contribution in [1.82, 2.24) is 0 Å². The molecule has 0 aliphatic heterocycles. The highest BCUT2D eigenvalue weighted by atomic mass is 16.4. The summed E-state index contributed by atoms with van der Waals surface area (Å²) in [6.45, 7) is 6.90. The van der Waals surface area contributed by atoms with Gasteiger partial charge in [-0.3, -0.25) is 4.79 Å². The van der Waals surface area contributed by atoms with Crippen LogP contribution in [0.25, 0.3) is 0 Å². The molecular weight excluding hydrogens is 753 g/mol. The van der Waals surface area contributed by atoms with Crippen LogP contribution >= 0.6 is 0 Å². The Kier molecular flexibility index (Phi) is 64.1. The first kappa shape index (κ1) is 63.6. The summed E-state index contributed by atoms with van der Waals surface area (Å²) in [7, 11) is 0. The molecule has 0 spiro atoms. The Morgan fingerprint density at radius 1 is 0.194 bits per heavy atom. The van der Waals surface area contributed by atoms with Crippen molar-refractivity contribution in [3.8, 4) is 0 Å². The minimum Gasteiger partial charge on any atom is -0.481 e. The Bertz CT molecular complexity index is 729. The highest BCUT2D eigenvalue weighted by Gasteiger charge is 2.00. The van der Waals surface area contributed by atoms with E-state index in [1.54, 1.807) is 0 Å². The second-order valence-electron chi connectivity index (χ2n) is 20.5. The van der Waals surface area contributed by atoms with E-state index < -0.39 is 5.97 Å². The van der Waals surface area contributed by atoms with Crippen molar-refractivity contribution in [2.45, 2.75) is 380 Å². The first-order valence-electron chi connectivity index (χ1n) is 29.9. The van der Waals surface area contributed by atoms with Crippen LogP contribution in [0, 0.1) is 0 Å². The number of aliphatic carboxylic acids is 1. The van der Waals surface area contributed by atoms with E-state index >= 15 is 0 Å². The maximum atomic E-state index is 10.5. The molecule has 2 nitrogen and oxygen atoms in total. The molecule has 0 saturated carbocycles. The Morgan fingerprint density at radius 2 is 0.290 bits per heavy atom. The Balaban J connectivity index is 0.